The SMILES string of the molecule is CCC1CC2=CC(N=O)CC[C@@H]2C2CC[C@@]3(CC)C(C4CC4[C@@]34C=CCO4)C12. The number of allylic oxidation sites excluding steroid dienone is 1. The predicted octanol–water partition coefficient (Wildman–Crippen LogP) is 5.90. The molecule has 0 bridgehead atoms. The minimum Gasteiger partial charge on any atom is -0.366 e. The highest BCUT2D eigenvalue weighted by atomic mass is 16.5. The number of fused-ring (bicyclic) bond motifs is 9. The highest BCUT2D eigenvalue weighted by Gasteiger charge is 2.77. The summed E-state index contributed by atoms with van der Waals surface area (Å²) in [5, 5.41) is 3.39. The van der Waals surface area contributed by atoms with Crippen LogP contribution in [-0.2, 0) is 4.74 Å². The van der Waals surface area contributed by atoms with Crippen LogP contribution in [0.5, 0.6) is 0 Å². The molecule has 4 saturated carbocycles. The van der Waals surface area contributed by atoms with Crippen molar-refractivity contribution < 1.29 is 4.74 Å². The fraction of sp³-hybridized carbons (Fsp3) is 0.840. The van der Waals surface area contributed by atoms with Crippen LogP contribution < -0.4 is 0 Å². The van der Waals surface area contributed by atoms with Crippen molar-refractivity contribution >= 4 is 0 Å². The van der Waals surface area contributed by atoms with Gasteiger partial charge in [-0.1, -0.05) is 49.2 Å². The molecule has 0 saturated heterocycles. The molecule has 1 heterocycles. The lowest BCUT2D eigenvalue weighted by Gasteiger charge is -2.60. The molecule has 3 nitrogen and oxygen atoms in total. The largest absolute Gasteiger partial charge is 0.366 e. The number of hydrogen-bond acceptors (Lipinski definition) is 3. The van der Waals surface area contributed by atoms with Gasteiger partial charge in [-0.2, -0.15) is 4.91 Å². The molecule has 1 aliphatic heterocycles. The first kappa shape index (κ1) is 17.9. The van der Waals surface area contributed by atoms with Gasteiger partial charge in [0.05, 0.1) is 12.2 Å². The molecule has 4 fully saturated rings. The Balaban J connectivity index is 1.41. The zero-order chi connectivity index (χ0) is 19.1. The lowest BCUT2D eigenvalue weighted by molar-refractivity contribution is -0.152. The second-order valence-corrected chi connectivity index (χ2v) is 10.8. The van der Waals surface area contributed by atoms with Crippen molar-refractivity contribution in [3.05, 3.63) is 28.7 Å². The summed E-state index contributed by atoms with van der Waals surface area (Å²) in [6.45, 7) is 5.69. The van der Waals surface area contributed by atoms with Gasteiger partial charge in [-0.05, 0) is 86.4 Å². The zero-order valence-corrected chi connectivity index (χ0v) is 17.5. The van der Waals surface area contributed by atoms with E-state index >= 15 is 0 Å². The Bertz CT molecular complexity index is 743. The minimum atomic E-state index is -0.0572. The number of ether oxygens (including phenoxy) is 1. The fourth-order valence-electron chi connectivity index (χ4n) is 9.48. The van der Waals surface area contributed by atoms with E-state index in [1.807, 2.05) is 0 Å². The summed E-state index contributed by atoms with van der Waals surface area (Å²) in [7, 11) is 0. The summed E-state index contributed by atoms with van der Waals surface area (Å²) in [5.74, 6) is 5.78. The number of rotatable bonds is 3. The van der Waals surface area contributed by atoms with E-state index < -0.39 is 0 Å². The average Bonchev–Trinajstić information content (AvgIpc) is 3.31. The van der Waals surface area contributed by atoms with Crippen LogP contribution >= 0.6 is 0 Å². The quantitative estimate of drug-likeness (QED) is 0.451. The molecule has 5 aliphatic carbocycles. The van der Waals surface area contributed by atoms with E-state index in [9.17, 15) is 4.91 Å². The zero-order valence-electron chi connectivity index (χ0n) is 17.5. The van der Waals surface area contributed by atoms with Crippen molar-refractivity contribution in [2.24, 2.45) is 52.0 Å². The maximum Gasteiger partial charge on any atom is 0.110 e. The fourth-order valence-corrected chi connectivity index (χ4v) is 9.48. The molecule has 7 unspecified atom stereocenters. The van der Waals surface area contributed by atoms with Gasteiger partial charge < -0.3 is 4.74 Å². The van der Waals surface area contributed by atoms with Crippen molar-refractivity contribution in [1.82, 2.24) is 0 Å². The molecular weight excluding hydrogens is 346 g/mol. The van der Waals surface area contributed by atoms with Crippen molar-refractivity contribution in [3.8, 4) is 0 Å². The van der Waals surface area contributed by atoms with Crippen LogP contribution in [0.25, 0.3) is 0 Å². The summed E-state index contributed by atoms with van der Waals surface area (Å²) < 4.78 is 6.63. The monoisotopic (exact) mass is 381 g/mol. The summed E-state index contributed by atoms with van der Waals surface area (Å²) in [5.41, 5.74) is 2.05. The molecule has 28 heavy (non-hydrogen) atoms. The topological polar surface area (TPSA) is 38.7 Å². The maximum absolute atomic E-state index is 11.2. The summed E-state index contributed by atoms with van der Waals surface area (Å²) in [6.07, 6.45) is 17.2. The number of nitrogens with zero attached hydrogens (tertiary/aromatic N) is 1. The predicted molar refractivity (Wildman–Crippen MR) is 111 cm³/mol. The van der Waals surface area contributed by atoms with E-state index in [4.69, 9.17) is 4.74 Å². The summed E-state index contributed by atoms with van der Waals surface area (Å²) in [6, 6.07) is -0.0572. The molecular formula is C25H35NO2. The van der Waals surface area contributed by atoms with Gasteiger partial charge in [0.2, 0.25) is 0 Å². The molecule has 3 heteroatoms. The first-order chi connectivity index (χ1) is 13.7. The standard InChI is InChI=1S/C25H35NO2/c1-3-15-12-16-13-17(26-27)6-7-18(16)19-8-10-24(4-2)23(22(15)19)20-14-21(20)25(24)9-5-11-28-25/h5,9,13,15,17-23H,3-4,6-8,10-12,14H2,1-2H3/t15?,17?,18-,19?,20?,21?,22?,23?,24-,25-/m0/s1. The molecule has 10 atom stereocenters. The Hall–Kier alpha value is -0.960. The van der Waals surface area contributed by atoms with Crippen LogP contribution in [0.15, 0.2) is 29.0 Å². The van der Waals surface area contributed by atoms with Crippen LogP contribution in [0.3, 0.4) is 0 Å². The highest BCUT2D eigenvalue weighted by molar-refractivity contribution is 5.34. The molecule has 0 N–H and O–H groups in total. The van der Waals surface area contributed by atoms with Gasteiger partial charge in [0.25, 0.3) is 0 Å². The second kappa shape index (κ2) is 6.03. The molecule has 6 aliphatic rings. The molecule has 152 valence electrons. The van der Waals surface area contributed by atoms with Gasteiger partial charge in [-0.15, -0.1) is 0 Å². The van der Waals surface area contributed by atoms with E-state index in [0.717, 1.165) is 54.5 Å². The Morgan fingerprint density at radius 3 is 2.82 bits per heavy atom. The molecule has 6 rings (SSSR count). The van der Waals surface area contributed by atoms with Crippen LogP contribution in [-0.4, -0.2) is 18.2 Å². The van der Waals surface area contributed by atoms with E-state index in [1.54, 1.807) is 5.57 Å². The van der Waals surface area contributed by atoms with Crippen LogP contribution in [0, 0.1) is 51.7 Å². The summed E-state index contributed by atoms with van der Waals surface area (Å²) >= 11 is 0. The third-order valence-electron chi connectivity index (χ3n) is 10.4. The smallest absolute Gasteiger partial charge is 0.110 e. The second-order valence-electron chi connectivity index (χ2n) is 10.8. The van der Waals surface area contributed by atoms with E-state index in [1.165, 1.54) is 44.9 Å². The maximum atomic E-state index is 11.2. The highest BCUT2D eigenvalue weighted by Crippen LogP contribution is 2.79. The Morgan fingerprint density at radius 1 is 1.21 bits per heavy atom. The van der Waals surface area contributed by atoms with Crippen molar-refractivity contribution in [2.75, 3.05) is 6.61 Å². The van der Waals surface area contributed by atoms with Gasteiger partial charge in [-0.3, -0.25) is 0 Å². The van der Waals surface area contributed by atoms with Gasteiger partial charge in [-0.25, -0.2) is 0 Å². The van der Waals surface area contributed by atoms with Gasteiger partial charge in [0.15, 0.2) is 0 Å². The summed E-state index contributed by atoms with van der Waals surface area (Å²) in [4.78, 5) is 11.2. The Labute approximate surface area is 169 Å². The lowest BCUT2D eigenvalue weighted by Crippen LogP contribution is -2.57. The van der Waals surface area contributed by atoms with Crippen molar-refractivity contribution in [1.29, 1.82) is 0 Å². The normalized spacial score (nSPS) is 55.9. The van der Waals surface area contributed by atoms with Crippen molar-refractivity contribution in [3.63, 3.8) is 0 Å². The molecule has 0 aromatic rings. The van der Waals surface area contributed by atoms with E-state index in [2.05, 4.69) is 37.3 Å². The van der Waals surface area contributed by atoms with Crippen LogP contribution in [0.4, 0.5) is 0 Å². The molecule has 0 aromatic carbocycles. The van der Waals surface area contributed by atoms with Gasteiger partial charge >= 0.3 is 0 Å². The van der Waals surface area contributed by atoms with Crippen LogP contribution in [0.1, 0.15) is 65.2 Å². The first-order valence-corrected chi connectivity index (χ1v) is 12.0. The van der Waals surface area contributed by atoms with Gasteiger partial charge in [0, 0.05) is 5.41 Å². The average molecular weight is 382 g/mol. The molecule has 0 aromatic heterocycles. The lowest BCUT2D eigenvalue weighted by atomic mass is 9.45. The Kier molecular flexibility index (Phi) is 3.85. The molecule has 1 spiro atoms. The molecule has 0 amide bonds. The van der Waals surface area contributed by atoms with Crippen molar-refractivity contribution in [2.45, 2.75) is 76.9 Å². The molecule has 0 radical (unpaired) electrons. The van der Waals surface area contributed by atoms with E-state index in [0.29, 0.717) is 5.41 Å². The number of nitroso groups, excluding NO2 is 1. The number of hydrogen-bond donors (Lipinski definition) is 0. The van der Waals surface area contributed by atoms with Gasteiger partial charge in [0.1, 0.15) is 6.04 Å². The Morgan fingerprint density at radius 2 is 2.11 bits per heavy atom. The third-order valence-corrected chi connectivity index (χ3v) is 10.4. The minimum absolute atomic E-state index is 0.0572. The first-order valence-electron chi connectivity index (χ1n) is 12.0. The van der Waals surface area contributed by atoms with Crippen LogP contribution in [0.2, 0.25) is 0 Å². The third kappa shape index (κ3) is 2.00. The van der Waals surface area contributed by atoms with E-state index in [-0.39, 0.29) is 11.6 Å².